The maximum Gasteiger partial charge on any atom is 0.338 e. The van der Waals surface area contributed by atoms with Crippen LogP contribution in [0.25, 0.3) is 0 Å². The van der Waals surface area contributed by atoms with Crippen LogP contribution >= 0.6 is 0 Å². The Morgan fingerprint density at radius 1 is 1.26 bits per heavy atom. The lowest BCUT2D eigenvalue weighted by Crippen LogP contribution is -2.20. The first-order valence-corrected chi connectivity index (χ1v) is 7.29. The van der Waals surface area contributed by atoms with Gasteiger partial charge >= 0.3 is 11.9 Å². The molecule has 0 saturated heterocycles. The minimum absolute atomic E-state index is 0.0426. The number of alkyl halides is 1. The predicted octanol–water partition coefficient (Wildman–Crippen LogP) is 3.09. The number of hydrogen-bond donors (Lipinski definition) is 0. The fourth-order valence-electron chi connectivity index (χ4n) is 1.58. The second kappa shape index (κ2) is 9.61. The van der Waals surface area contributed by atoms with Gasteiger partial charge in [-0.1, -0.05) is 6.58 Å². The lowest BCUT2D eigenvalue weighted by Gasteiger charge is -2.13. The molecule has 0 heterocycles. The number of carbonyl (C=O) groups excluding carboxylic acids is 2. The minimum Gasteiger partial charge on any atom is -0.490 e. The van der Waals surface area contributed by atoms with Gasteiger partial charge in [0.15, 0.2) is 0 Å². The zero-order valence-corrected chi connectivity index (χ0v) is 13.3. The summed E-state index contributed by atoms with van der Waals surface area (Å²) < 4.78 is 28.0. The normalized spacial score (nSPS) is 12.8. The Kier molecular flexibility index (Phi) is 7.80. The van der Waals surface area contributed by atoms with Crippen molar-refractivity contribution in [2.45, 2.75) is 32.5 Å². The third-order valence-corrected chi connectivity index (χ3v) is 2.81. The third kappa shape index (κ3) is 7.44. The zero-order chi connectivity index (χ0) is 17.2. The number of carbonyl (C=O) groups is 2. The van der Waals surface area contributed by atoms with Crippen LogP contribution in [-0.2, 0) is 14.3 Å². The van der Waals surface area contributed by atoms with Gasteiger partial charge in [0.1, 0.15) is 24.6 Å². The molecule has 0 saturated carbocycles. The summed E-state index contributed by atoms with van der Waals surface area (Å²) in [6.45, 7) is 6.63. The maximum atomic E-state index is 12.6. The van der Waals surface area contributed by atoms with Crippen molar-refractivity contribution in [2.75, 3.05) is 13.2 Å². The minimum atomic E-state index is -1.00. The average molecular weight is 324 g/mol. The number of ether oxygens (including phenoxy) is 3. The summed E-state index contributed by atoms with van der Waals surface area (Å²) in [7, 11) is 0. The van der Waals surface area contributed by atoms with Gasteiger partial charge in [-0.15, -0.1) is 0 Å². The molecule has 0 fully saturated rings. The highest BCUT2D eigenvalue weighted by Gasteiger charge is 2.10. The van der Waals surface area contributed by atoms with Crippen molar-refractivity contribution in [1.82, 2.24) is 0 Å². The monoisotopic (exact) mass is 324 g/mol. The molecular formula is C17H21FO5. The Morgan fingerprint density at radius 2 is 1.91 bits per heavy atom. The Labute approximate surface area is 135 Å². The van der Waals surface area contributed by atoms with E-state index in [1.165, 1.54) is 6.92 Å². The Bertz CT molecular complexity index is 524. The second-order valence-corrected chi connectivity index (χ2v) is 4.99. The van der Waals surface area contributed by atoms with Gasteiger partial charge in [-0.25, -0.2) is 14.0 Å². The number of halogens is 1. The fraction of sp³-hybridized carbons (Fsp3) is 0.412. The molecule has 0 aromatic heterocycles. The van der Waals surface area contributed by atoms with Crippen molar-refractivity contribution in [3.63, 3.8) is 0 Å². The van der Waals surface area contributed by atoms with Gasteiger partial charge < -0.3 is 14.2 Å². The standard InChI is InChI=1S/C17H21FO5/c1-4-16(19)23-13(3)11-22-15-7-5-14(6-8-15)17(20)21-10-9-12(2)18/h4-8,12-13H,1,9-11H2,2-3H3. The van der Waals surface area contributed by atoms with E-state index in [0.29, 0.717) is 11.3 Å². The predicted molar refractivity (Wildman–Crippen MR) is 83.2 cm³/mol. The average Bonchev–Trinajstić information content (AvgIpc) is 2.52. The second-order valence-electron chi connectivity index (χ2n) is 4.99. The van der Waals surface area contributed by atoms with Crippen molar-refractivity contribution >= 4 is 11.9 Å². The molecule has 0 radical (unpaired) electrons. The maximum absolute atomic E-state index is 12.6. The van der Waals surface area contributed by atoms with E-state index in [-0.39, 0.29) is 19.6 Å². The molecule has 1 aromatic carbocycles. The molecule has 2 unspecified atom stereocenters. The van der Waals surface area contributed by atoms with E-state index in [2.05, 4.69) is 6.58 Å². The topological polar surface area (TPSA) is 61.8 Å². The van der Waals surface area contributed by atoms with Crippen LogP contribution in [0.4, 0.5) is 4.39 Å². The van der Waals surface area contributed by atoms with Gasteiger partial charge in [0.05, 0.1) is 12.2 Å². The smallest absolute Gasteiger partial charge is 0.338 e. The van der Waals surface area contributed by atoms with E-state index in [1.54, 1.807) is 31.2 Å². The summed E-state index contributed by atoms with van der Waals surface area (Å²) in [5.41, 5.74) is 0.356. The number of hydrogen-bond acceptors (Lipinski definition) is 5. The van der Waals surface area contributed by atoms with Gasteiger partial charge in [-0.05, 0) is 38.1 Å². The van der Waals surface area contributed by atoms with Gasteiger partial charge in [0.2, 0.25) is 0 Å². The van der Waals surface area contributed by atoms with E-state index in [1.807, 2.05) is 0 Å². The van der Waals surface area contributed by atoms with Crippen LogP contribution in [0, 0.1) is 0 Å². The van der Waals surface area contributed by atoms with E-state index in [4.69, 9.17) is 14.2 Å². The van der Waals surface area contributed by atoms with E-state index < -0.39 is 24.2 Å². The summed E-state index contributed by atoms with van der Waals surface area (Å²) in [6, 6.07) is 6.32. The summed E-state index contributed by atoms with van der Waals surface area (Å²) in [5.74, 6) is -0.493. The molecule has 6 heteroatoms. The zero-order valence-electron chi connectivity index (χ0n) is 13.3. The molecular weight excluding hydrogens is 303 g/mol. The van der Waals surface area contributed by atoms with Crippen molar-refractivity contribution in [1.29, 1.82) is 0 Å². The summed E-state index contributed by atoms with van der Waals surface area (Å²) in [4.78, 5) is 22.7. The lowest BCUT2D eigenvalue weighted by molar-refractivity contribution is -0.143. The number of rotatable bonds is 9. The molecule has 23 heavy (non-hydrogen) atoms. The first-order chi connectivity index (χ1) is 10.9. The molecule has 126 valence electrons. The van der Waals surface area contributed by atoms with Crippen molar-refractivity contribution in [3.05, 3.63) is 42.5 Å². The van der Waals surface area contributed by atoms with Gasteiger partial charge in [0, 0.05) is 12.5 Å². The molecule has 0 bridgehead atoms. The molecule has 0 aliphatic heterocycles. The van der Waals surface area contributed by atoms with Crippen LogP contribution in [0.15, 0.2) is 36.9 Å². The van der Waals surface area contributed by atoms with Crippen LogP contribution in [0.5, 0.6) is 5.75 Å². The quantitative estimate of drug-likeness (QED) is 0.516. The van der Waals surface area contributed by atoms with Crippen LogP contribution < -0.4 is 4.74 Å². The molecule has 0 N–H and O–H groups in total. The van der Waals surface area contributed by atoms with Crippen LogP contribution in [0.3, 0.4) is 0 Å². The van der Waals surface area contributed by atoms with Gasteiger partial charge in [-0.3, -0.25) is 0 Å². The van der Waals surface area contributed by atoms with E-state index in [0.717, 1.165) is 6.08 Å². The highest BCUT2D eigenvalue weighted by atomic mass is 19.1. The number of esters is 2. The first kappa shape index (κ1) is 18.7. The van der Waals surface area contributed by atoms with Crippen molar-refractivity contribution in [2.24, 2.45) is 0 Å². The van der Waals surface area contributed by atoms with Crippen LogP contribution in [0.1, 0.15) is 30.6 Å². The lowest BCUT2D eigenvalue weighted by atomic mass is 10.2. The highest BCUT2D eigenvalue weighted by molar-refractivity contribution is 5.89. The molecule has 1 rings (SSSR count). The van der Waals surface area contributed by atoms with Gasteiger partial charge in [-0.2, -0.15) is 0 Å². The summed E-state index contributed by atoms with van der Waals surface area (Å²) in [5, 5.41) is 0. The Morgan fingerprint density at radius 3 is 2.48 bits per heavy atom. The largest absolute Gasteiger partial charge is 0.490 e. The third-order valence-electron chi connectivity index (χ3n) is 2.81. The van der Waals surface area contributed by atoms with E-state index in [9.17, 15) is 14.0 Å². The molecule has 2 atom stereocenters. The Balaban J connectivity index is 2.42. The highest BCUT2D eigenvalue weighted by Crippen LogP contribution is 2.14. The Hall–Kier alpha value is -2.37. The fourth-order valence-corrected chi connectivity index (χ4v) is 1.58. The summed E-state index contributed by atoms with van der Waals surface area (Å²) in [6.07, 6.45) is -0.168. The summed E-state index contributed by atoms with van der Waals surface area (Å²) >= 11 is 0. The molecule has 1 aromatic rings. The van der Waals surface area contributed by atoms with E-state index >= 15 is 0 Å². The van der Waals surface area contributed by atoms with Crippen molar-refractivity contribution < 1.29 is 28.2 Å². The molecule has 5 nitrogen and oxygen atoms in total. The van der Waals surface area contributed by atoms with Crippen LogP contribution in [0.2, 0.25) is 0 Å². The van der Waals surface area contributed by atoms with Crippen LogP contribution in [-0.4, -0.2) is 37.4 Å². The molecule has 0 aliphatic rings. The van der Waals surface area contributed by atoms with Gasteiger partial charge in [0.25, 0.3) is 0 Å². The number of benzene rings is 1. The molecule has 0 spiro atoms. The molecule has 0 aliphatic carbocycles. The molecule has 0 amide bonds. The SMILES string of the molecule is C=CC(=O)OC(C)COc1ccc(C(=O)OCCC(C)F)cc1. The first-order valence-electron chi connectivity index (χ1n) is 7.29. The van der Waals surface area contributed by atoms with Crippen molar-refractivity contribution in [3.8, 4) is 5.75 Å².